The number of rotatable bonds is 3. The van der Waals surface area contributed by atoms with E-state index in [4.69, 9.17) is 5.73 Å². The molecule has 0 radical (unpaired) electrons. The highest BCUT2D eigenvalue weighted by Crippen LogP contribution is 2.05. The molecule has 0 atom stereocenters. The molecule has 0 spiro atoms. The highest BCUT2D eigenvalue weighted by molar-refractivity contribution is 5.76. The monoisotopic (exact) mass is 175 g/mol. The summed E-state index contributed by atoms with van der Waals surface area (Å²) in [6, 6.07) is 8.08. The van der Waals surface area contributed by atoms with E-state index in [0.717, 1.165) is 5.56 Å². The summed E-state index contributed by atoms with van der Waals surface area (Å²) in [5.41, 5.74) is 7.31. The Hall–Kier alpha value is -1.57. The molecule has 0 aromatic heterocycles. The standard InChI is InChI=1S/C11H13NO/c1-9-5-7-10(8-6-9)3-2-4-11(12)13/h2-3,5-8H,4H2,1H3,(H2,12,13)/b3-2+. The fraction of sp³-hybridized carbons (Fsp3) is 0.182. The van der Waals surface area contributed by atoms with Gasteiger partial charge in [-0.25, -0.2) is 0 Å². The number of benzene rings is 1. The average Bonchev–Trinajstić information content (AvgIpc) is 2.08. The number of carbonyl (C=O) groups is 1. The van der Waals surface area contributed by atoms with Gasteiger partial charge in [-0.15, -0.1) is 0 Å². The van der Waals surface area contributed by atoms with Crippen molar-refractivity contribution < 1.29 is 4.79 Å². The fourth-order valence-electron chi connectivity index (χ4n) is 0.989. The Morgan fingerprint density at radius 2 is 2.00 bits per heavy atom. The zero-order valence-corrected chi connectivity index (χ0v) is 7.66. The summed E-state index contributed by atoms with van der Waals surface area (Å²) in [6.45, 7) is 2.04. The van der Waals surface area contributed by atoms with Gasteiger partial charge in [0.1, 0.15) is 0 Å². The van der Waals surface area contributed by atoms with Crippen LogP contribution in [0.15, 0.2) is 30.3 Å². The van der Waals surface area contributed by atoms with Crippen molar-refractivity contribution >= 4 is 12.0 Å². The van der Waals surface area contributed by atoms with E-state index in [1.165, 1.54) is 5.56 Å². The van der Waals surface area contributed by atoms with Crippen molar-refractivity contribution in [3.63, 3.8) is 0 Å². The third-order valence-electron chi connectivity index (χ3n) is 1.71. The maximum Gasteiger partial charge on any atom is 0.221 e. The van der Waals surface area contributed by atoms with Crippen LogP contribution in [0.3, 0.4) is 0 Å². The lowest BCUT2D eigenvalue weighted by Crippen LogP contribution is -2.07. The molecular formula is C11H13NO. The first-order valence-corrected chi connectivity index (χ1v) is 4.20. The van der Waals surface area contributed by atoms with Gasteiger partial charge < -0.3 is 5.73 Å². The molecule has 13 heavy (non-hydrogen) atoms. The largest absolute Gasteiger partial charge is 0.369 e. The number of amides is 1. The Bertz CT molecular complexity index is 311. The maximum atomic E-state index is 10.4. The molecular weight excluding hydrogens is 162 g/mol. The SMILES string of the molecule is Cc1ccc(/C=C/CC(N)=O)cc1. The minimum absolute atomic E-state index is 0.299. The summed E-state index contributed by atoms with van der Waals surface area (Å²) in [5, 5.41) is 0. The zero-order chi connectivity index (χ0) is 9.68. The van der Waals surface area contributed by atoms with Crippen LogP contribution in [0.4, 0.5) is 0 Å². The predicted octanol–water partition coefficient (Wildman–Crippen LogP) is 1.88. The highest BCUT2D eigenvalue weighted by Gasteiger charge is 1.88. The van der Waals surface area contributed by atoms with Crippen LogP contribution in [-0.4, -0.2) is 5.91 Å². The number of aryl methyl sites for hydroxylation is 1. The molecule has 1 aromatic rings. The van der Waals surface area contributed by atoms with Crippen LogP contribution in [0.25, 0.3) is 6.08 Å². The predicted molar refractivity (Wildman–Crippen MR) is 54.0 cm³/mol. The normalized spacial score (nSPS) is 10.5. The molecule has 0 unspecified atom stereocenters. The van der Waals surface area contributed by atoms with Crippen LogP contribution in [0.1, 0.15) is 17.5 Å². The van der Waals surface area contributed by atoms with Gasteiger partial charge in [0.25, 0.3) is 0 Å². The quantitative estimate of drug-likeness (QED) is 0.748. The molecule has 2 nitrogen and oxygen atoms in total. The van der Waals surface area contributed by atoms with Gasteiger partial charge in [0.05, 0.1) is 0 Å². The molecule has 0 heterocycles. The van der Waals surface area contributed by atoms with Crippen molar-refractivity contribution in [2.24, 2.45) is 5.73 Å². The van der Waals surface area contributed by atoms with E-state index in [-0.39, 0.29) is 5.91 Å². The van der Waals surface area contributed by atoms with Gasteiger partial charge in [0, 0.05) is 6.42 Å². The van der Waals surface area contributed by atoms with E-state index in [1.54, 1.807) is 6.08 Å². The van der Waals surface area contributed by atoms with Gasteiger partial charge in [-0.1, -0.05) is 42.0 Å². The number of primary amides is 1. The second-order valence-electron chi connectivity index (χ2n) is 2.98. The first kappa shape index (κ1) is 9.52. The molecule has 0 aliphatic rings. The first-order valence-electron chi connectivity index (χ1n) is 4.20. The summed E-state index contributed by atoms with van der Waals surface area (Å²) in [7, 11) is 0. The first-order chi connectivity index (χ1) is 6.18. The molecule has 0 saturated carbocycles. The molecule has 0 bridgehead atoms. The van der Waals surface area contributed by atoms with E-state index in [1.807, 2.05) is 37.3 Å². The molecule has 2 heteroatoms. The minimum Gasteiger partial charge on any atom is -0.369 e. The number of hydrogen-bond acceptors (Lipinski definition) is 1. The van der Waals surface area contributed by atoms with Crippen molar-refractivity contribution in [2.75, 3.05) is 0 Å². The summed E-state index contributed by atoms with van der Waals surface area (Å²) in [6.07, 6.45) is 3.96. The van der Waals surface area contributed by atoms with Crippen LogP contribution in [0.2, 0.25) is 0 Å². The van der Waals surface area contributed by atoms with Crippen molar-refractivity contribution in [2.45, 2.75) is 13.3 Å². The van der Waals surface area contributed by atoms with Gasteiger partial charge >= 0.3 is 0 Å². The Kier molecular flexibility index (Phi) is 3.26. The smallest absolute Gasteiger partial charge is 0.221 e. The minimum atomic E-state index is -0.302. The Morgan fingerprint density at radius 1 is 1.38 bits per heavy atom. The van der Waals surface area contributed by atoms with E-state index in [0.29, 0.717) is 6.42 Å². The lowest BCUT2D eigenvalue weighted by atomic mass is 10.1. The van der Waals surface area contributed by atoms with Crippen molar-refractivity contribution in [1.82, 2.24) is 0 Å². The van der Waals surface area contributed by atoms with Crippen LogP contribution >= 0.6 is 0 Å². The number of hydrogen-bond donors (Lipinski definition) is 1. The molecule has 1 rings (SSSR count). The van der Waals surface area contributed by atoms with Crippen molar-refractivity contribution in [1.29, 1.82) is 0 Å². The Labute approximate surface area is 78.1 Å². The molecule has 1 amide bonds. The van der Waals surface area contributed by atoms with Crippen LogP contribution < -0.4 is 5.73 Å². The van der Waals surface area contributed by atoms with E-state index in [2.05, 4.69) is 0 Å². The van der Waals surface area contributed by atoms with Gasteiger partial charge in [0.15, 0.2) is 0 Å². The molecule has 0 aliphatic heterocycles. The molecule has 0 aliphatic carbocycles. The summed E-state index contributed by atoms with van der Waals surface area (Å²) in [5.74, 6) is -0.302. The van der Waals surface area contributed by atoms with Gasteiger partial charge in [-0.05, 0) is 12.5 Å². The Balaban J connectivity index is 2.59. The topological polar surface area (TPSA) is 43.1 Å². The molecule has 68 valence electrons. The number of nitrogens with two attached hydrogens (primary N) is 1. The van der Waals surface area contributed by atoms with Crippen molar-refractivity contribution in [3.05, 3.63) is 41.5 Å². The lowest BCUT2D eigenvalue weighted by Gasteiger charge is -1.93. The lowest BCUT2D eigenvalue weighted by molar-refractivity contribution is -0.117. The summed E-state index contributed by atoms with van der Waals surface area (Å²) < 4.78 is 0. The number of carbonyl (C=O) groups excluding carboxylic acids is 1. The van der Waals surface area contributed by atoms with Crippen molar-refractivity contribution in [3.8, 4) is 0 Å². The van der Waals surface area contributed by atoms with Gasteiger partial charge in [0.2, 0.25) is 5.91 Å². The second-order valence-corrected chi connectivity index (χ2v) is 2.98. The van der Waals surface area contributed by atoms with Gasteiger partial charge in [-0.3, -0.25) is 4.79 Å². The zero-order valence-electron chi connectivity index (χ0n) is 7.66. The fourth-order valence-corrected chi connectivity index (χ4v) is 0.989. The molecule has 1 aromatic carbocycles. The highest BCUT2D eigenvalue weighted by atomic mass is 16.1. The maximum absolute atomic E-state index is 10.4. The molecule has 0 saturated heterocycles. The van der Waals surface area contributed by atoms with Gasteiger partial charge in [-0.2, -0.15) is 0 Å². The van der Waals surface area contributed by atoms with E-state index >= 15 is 0 Å². The van der Waals surface area contributed by atoms with Crippen LogP contribution in [0, 0.1) is 6.92 Å². The summed E-state index contributed by atoms with van der Waals surface area (Å²) >= 11 is 0. The second kappa shape index (κ2) is 4.45. The van der Waals surface area contributed by atoms with Crippen LogP contribution in [0.5, 0.6) is 0 Å². The average molecular weight is 175 g/mol. The van der Waals surface area contributed by atoms with E-state index < -0.39 is 0 Å². The Morgan fingerprint density at radius 3 is 2.54 bits per heavy atom. The van der Waals surface area contributed by atoms with Crippen LogP contribution in [-0.2, 0) is 4.79 Å². The summed E-state index contributed by atoms with van der Waals surface area (Å²) in [4.78, 5) is 10.4. The molecule has 0 fully saturated rings. The third-order valence-corrected chi connectivity index (χ3v) is 1.71. The third kappa shape index (κ3) is 3.56. The molecule has 2 N–H and O–H groups in total. The van der Waals surface area contributed by atoms with E-state index in [9.17, 15) is 4.79 Å².